The molecule has 0 aliphatic rings. The van der Waals surface area contributed by atoms with Gasteiger partial charge in [-0.15, -0.1) is 0 Å². The first kappa shape index (κ1) is 21.2. The molecule has 0 bridgehead atoms. The van der Waals surface area contributed by atoms with Crippen LogP contribution in [0.4, 0.5) is 0 Å². The maximum atomic E-state index is 13.0. The lowest BCUT2D eigenvalue weighted by molar-refractivity contribution is -0.130. The molecule has 8 heteroatoms. The first-order valence-corrected chi connectivity index (χ1v) is 9.17. The molecule has 0 aliphatic heterocycles. The Morgan fingerprint density at radius 3 is 2.15 bits per heavy atom. The minimum atomic E-state index is -1.08. The molecule has 0 aliphatic carbocycles. The Balaban J connectivity index is 2.29. The molecule has 27 heavy (non-hydrogen) atoms. The van der Waals surface area contributed by atoms with Crippen LogP contribution in [0.2, 0.25) is 5.02 Å². The van der Waals surface area contributed by atoms with E-state index in [1.165, 1.54) is 0 Å². The zero-order chi connectivity index (χ0) is 20.1. The number of halogens is 1. The van der Waals surface area contributed by atoms with Crippen molar-refractivity contribution in [2.45, 2.75) is 6.42 Å². The summed E-state index contributed by atoms with van der Waals surface area (Å²) in [5, 5.41) is 10.8. The van der Waals surface area contributed by atoms with Crippen LogP contribution < -0.4 is 0 Å². The van der Waals surface area contributed by atoms with Crippen molar-refractivity contribution in [3.8, 4) is 0 Å². The quantitative estimate of drug-likeness (QED) is 0.680. The topological polar surface area (TPSA) is 79.9 Å². The van der Waals surface area contributed by atoms with E-state index in [1.807, 2.05) is 38.0 Å². The summed E-state index contributed by atoms with van der Waals surface area (Å²) >= 11 is 6.01. The zero-order valence-corrected chi connectivity index (χ0v) is 17.0. The van der Waals surface area contributed by atoms with Crippen LogP contribution in [0, 0.1) is 0 Å². The van der Waals surface area contributed by atoms with Gasteiger partial charge in [0.1, 0.15) is 5.69 Å². The number of aromatic nitrogens is 1. The van der Waals surface area contributed by atoms with E-state index in [4.69, 9.17) is 11.6 Å². The number of likely N-dealkylation sites (N-methyl/N-ethyl adjacent to an activating group) is 2. The van der Waals surface area contributed by atoms with Gasteiger partial charge in [0.15, 0.2) is 0 Å². The number of aromatic amines is 1. The second kappa shape index (κ2) is 9.21. The highest BCUT2D eigenvalue weighted by atomic mass is 35.5. The molecule has 1 amide bonds. The van der Waals surface area contributed by atoms with Gasteiger partial charge in [0.2, 0.25) is 5.91 Å². The van der Waals surface area contributed by atoms with E-state index in [2.05, 4.69) is 4.98 Å². The minimum absolute atomic E-state index is 0.0319. The highest BCUT2D eigenvalue weighted by molar-refractivity contribution is 6.31. The molecular weight excluding hydrogens is 368 g/mol. The number of hydrogen-bond donors (Lipinski definition) is 2. The largest absolute Gasteiger partial charge is 0.477 e. The van der Waals surface area contributed by atoms with Crippen LogP contribution >= 0.6 is 11.6 Å². The second-order valence-electron chi connectivity index (χ2n) is 7.14. The number of amides is 1. The van der Waals surface area contributed by atoms with Crippen molar-refractivity contribution in [1.29, 1.82) is 0 Å². The Labute approximate surface area is 164 Å². The van der Waals surface area contributed by atoms with Gasteiger partial charge in [-0.2, -0.15) is 0 Å². The lowest BCUT2D eigenvalue weighted by Crippen LogP contribution is -2.41. The van der Waals surface area contributed by atoms with E-state index in [1.54, 1.807) is 23.1 Å². The van der Waals surface area contributed by atoms with Crippen molar-refractivity contribution in [3.05, 3.63) is 34.5 Å². The number of benzene rings is 1. The molecule has 7 nitrogen and oxygen atoms in total. The molecule has 2 rings (SSSR count). The van der Waals surface area contributed by atoms with E-state index in [-0.39, 0.29) is 18.0 Å². The van der Waals surface area contributed by atoms with Gasteiger partial charge in [-0.3, -0.25) is 4.79 Å². The Hall–Kier alpha value is -2.09. The monoisotopic (exact) mass is 394 g/mol. The van der Waals surface area contributed by atoms with Gasteiger partial charge in [-0.1, -0.05) is 17.7 Å². The summed E-state index contributed by atoms with van der Waals surface area (Å²) in [5.41, 5.74) is 1.16. The molecule has 0 unspecified atom stereocenters. The van der Waals surface area contributed by atoms with Crippen molar-refractivity contribution in [2.75, 3.05) is 54.4 Å². The van der Waals surface area contributed by atoms with Gasteiger partial charge in [-0.05, 0) is 40.3 Å². The number of carboxylic acids is 1. The fourth-order valence-corrected chi connectivity index (χ4v) is 3.03. The van der Waals surface area contributed by atoms with Crippen LogP contribution in [0.1, 0.15) is 16.1 Å². The van der Waals surface area contributed by atoms with Gasteiger partial charge < -0.3 is 24.8 Å². The maximum absolute atomic E-state index is 13.0. The summed E-state index contributed by atoms with van der Waals surface area (Å²) in [5.74, 6) is -1.17. The molecule has 2 aromatic rings. The third-order valence-corrected chi connectivity index (χ3v) is 4.63. The molecule has 2 N–H and O–H groups in total. The van der Waals surface area contributed by atoms with Gasteiger partial charge >= 0.3 is 5.97 Å². The van der Waals surface area contributed by atoms with Crippen molar-refractivity contribution < 1.29 is 14.7 Å². The summed E-state index contributed by atoms with van der Waals surface area (Å²) in [6.07, 6.45) is 0.0319. The number of nitrogens with one attached hydrogen (secondary N) is 1. The Morgan fingerprint density at radius 2 is 1.63 bits per heavy atom. The van der Waals surface area contributed by atoms with Crippen LogP contribution in [0.3, 0.4) is 0 Å². The lowest BCUT2D eigenvalue weighted by atomic mass is 10.1. The summed E-state index contributed by atoms with van der Waals surface area (Å²) in [4.78, 5) is 33.3. The summed E-state index contributed by atoms with van der Waals surface area (Å²) in [6, 6.07) is 5.13. The summed E-state index contributed by atoms with van der Waals surface area (Å²) < 4.78 is 0. The second-order valence-corrected chi connectivity index (χ2v) is 7.57. The predicted octanol–water partition coefficient (Wildman–Crippen LogP) is 2.01. The van der Waals surface area contributed by atoms with E-state index >= 15 is 0 Å². The number of nitrogens with zero attached hydrogens (tertiary/aromatic N) is 3. The fraction of sp³-hybridized carbons (Fsp3) is 0.474. The smallest absolute Gasteiger partial charge is 0.352 e. The molecule has 0 saturated heterocycles. The molecule has 1 aromatic heterocycles. The molecule has 0 saturated carbocycles. The van der Waals surface area contributed by atoms with E-state index in [9.17, 15) is 14.7 Å². The van der Waals surface area contributed by atoms with Crippen molar-refractivity contribution >= 4 is 34.4 Å². The normalized spacial score (nSPS) is 11.5. The van der Waals surface area contributed by atoms with Crippen LogP contribution in [0.5, 0.6) is 0 Å². The molecule has 0 radical (unpaired) electrons. The molecule has 1 heterocycles. The Kier molecular flexibility index (Phi) is 7.24. The lowest BCUT2D eigenvalue weighted by Gasteiger charge is -2.26. The van der Waals surface area contributed by atoms with Crippen molar-refractivity contribution in [2.24, 2.45) is 0 Å². The highest BCUT2D eigenvalue weighted by Gasteiger charge is 2.22. The number of carbonyl (C=O) groups is 2. The number of hydrogen-bond acceptors (Lipinski definition) is 4. The third kappa shape index (κ3) is 5.69. The number of fused-ring (bicyclic) bond motifs is 1. The van der Waals surface area contributed by atoms with Gasteiger partial charge in [-0.25, -0.2) is 4.79 Å². The van der Waals surface area contributed by atoms with E-state index in [0.717, 1.165) is 13.1 Å². The molecule has 0 spiro atoms. The molecule has 1 aromatic carbocycles. The first-order valence-electron chi connectivity index (χ1n) is 8.79. The third-order valence-electron chi connectivity index (χ3n) is 4.40. The predicted molar refractivity (Wildman–Crippen MR) is 108 cm³/mol. The maximum Gasteiger partial charge on any atom is 0.352 e. The Bertz CT molecular complexity index is 805. The zero-order valence-electron chi connectivity index (χ0n) is 16.3. The number of rotatable bonds is 9. The Morgan fingerprint density at radius 1 is 1.04 bits per heavy atom. The van der Waals surface area contributed by atoms with Crippen LogP contribution in [0.25, 0.3) is 10.9 Å². The van der Waals surface area contributed by atoms with Crippen molar-refractivity contribution in [1.82, 2.24) is 19.7 Å². The first-order chi connectivity index (χ1) is 12.7. The molecular formula is C19H27ClN4O3. The van der Waals surface area contributed by atoms with Crippen molar-refractivity contribution in [3.63, 3.8) is 0 Å². The van der Waals surface area contributed by atoms with Crippen LogP contribution in [0.15, 0.2) is 18.2 Å². The van der Waals surface area contributed by atoms with Gasteiger partial charge in [0.25, 0.3) is 0 Å². The standard InChI is InChI=1S/C19H27ClN4O3/c1-22(2)7-9-24(10-8-23(3)4)17(25)12-15-14-6-5-13(20)11-16(14)21-18(15)19(26)27/h5-6,11,21H,7-10,12H2,1-4H3,(H,26,27). The number of H-pyrrole nitrogens is 1. The SMILES string of the molecule is CN(C)CCN(CCN(C)C)C(=O)Cc1c(C(=O)O)[nH]c2cc(Cl)ccc12. The summed E-state index contributed by atoms with van der Waals surface area (Å²) in [7, 11) is 7.84. The molecule has 0 fully saturated rings. The fourth-order valence-electron chi connectivity index (χ4n) is 2.86. The summed E-state index contributed by atoms with van der Waals surface area (Å²) in [6.45, 7) is 2.68. The minimum Gasteiger partial charge on any atom is -0.477 e. The van der Waals surface area contributed by atoms with Gasteiger partial charge in [0, 0.05) is 47.7 Å². The number of aromatic carboxylic acids is 1. The number of carboxylic acid groups (broad SMARTS) is 1. The molecule has 148 valence electrons. The van der Waals surface area contributed by atoms with E-state index in [0.29, 0.717) is 34.6 Å². The van der Waals surface area contributed by atoms with E-state index < -0.39 is 5.97 Å². The number of carbonyl (C=O) groups excluding carboxylic acids is 1. The van der Waals surface area contributed by atoms with Crippen LogP contribution in [-0.2, 0) is 11.2 Å². The van der Waals surface area contributed by atoms with Gasteiger partial charge in [0.05, 0.1) is 6.42 Å². The van der Waals surface area contributed by atoms with Crippen LogP contribution in [-0.4, -0.2) is 91.0 Å². The highest BCUT2D eigenvalue weighted by Crippen LogP contribution is 2.26. The average Bonchev–Trinajstić information content (AvgIpc) is 2.92. The average molecular weight is 395 g/mol. The molecule has 0 atom stereocenters.